The summed E-state index contributed by atoms with van der Waals surface area (Å²) in [5.74, 6) is 0. The van der Waals surface area contributed by atoms with Gasteiger partial charge in [0.1, 0.15) is 0 Å². The molecule has 0 fully saturated rings. The van der Waals surface area contributed by atoms with Gasteiger partial charge in [-0.2, -0.15) is 0 Å². The lowest BCUT2D eigenvalue weighted by molar-refractivity contribution is 1.53. The molecule has 0 atom stereocenters. The van der Waals surface area contributed by atoms with Crippen LogP contribution in [0.15, 0.2) is 0 Å². The summed E-state index contributed by atoms with van der Waals surface area (Å²) >= 11 is 0. The van der Waals surface area contributed by atoms with E-state index in [9.17, 15) is 0 Å². The first kappa shape index (κ1) is 3.73. The lowest BCUT2D eigenvalue weighted by atomic mass is 10.1. The Morgan fingerprint density at radius 3 is 2.00 bits per heavy atom. The maximum Gasteiger partial charge on any atom is 0.157 e. The number of nitrogens with one attached hydrogen (secondary N) is 1. The summed E-state index contributed by atoms with van der Waals surface area (Å²) in [5.41, 5.74) is 0.667. The van der Waals surface area contributed by atoms with E-state index in [-0.39, 0.29) is 0 Å². The lowest BCUT2D eigenvalue weighted by Gasteiger charge is -1.62. The average Bonchev–Trinajstić information content (AvgIpc) is 0.811. The fraction of sp³-hybridized carbons (Fsp3) is 0.500. The van der Waals surface area contributed by atoms with Crippen LogP contribution in [-0.2, 0) is 0 Å². The van der Waals surface area contributed by atoms with Gasteiger partial charge in [0.15, 0.2) is 7.85 Å². The molecule has 0 saturated carbocycles. The quantitative estimate of drug-likeness (QED) is 0.288. The molecule has 1 nitrogen and oxygen atoms in total. The van der Waals surface area contributed by atoms with Crippen molar-refractivity contribution in [3.63, 3.8) is 0 Å². The van der Waals surface area contributed by atoms with Crippen LogP contribution in [0.1, 0.15) is 6.92 Å². The normalized spacial score (nSPS) is 6.25. The molecule has 0 aromatic rings. The predicted molar refractivity (Wildman–Crippen MR) is 21.9 cm³/mol. The molecule has 0 aliphatic heterocycles. The molecule has 0 saturated heterocycles. The van der Waals surface area contributed by atoms with Gasteiger partial charge in [-0.05, 0) is 12.5 Å². The first-order chi connectivity index (χ1) is 1.73. The number of rotatable bonds is 0. The summed E-state index contributed by atoms with van der Waals surface area (Å²) in [5, 5.41) is 6.50. The first-order valence-electron chi connectivity index (χ1n) is 1.25. The second kappa shape index (κ2) is 1.10. The molecule has 0 heterocycles. The van der Waals surface area contributed by atoms with E-state index in [0.29, 0.717) is 5.61 Å². The topological polar surface area (TPSA) is 23.9 Å². The van der Waals surface area contributed by atoms with Crippen LogP contribution in [-0.4, -0.2) is 13.5 Å². The molecule has 1 N–H and O–H groups in total. The predicted octanol–water partition coefficient (Wildman–Crippen LogP) is -0.383. The summed E-state index contributed by atoms with van der Waals surface area (Å²) in [6.45, 7) is 1.75. The van der Waals surface area contributed by atoms with E-state index < -0.39 is 0 Å². The zero-order valence-electron chi connectivity index (χ0n) is 3.00. The van der Waals surface area contributed by atoms with Crippen molar-refractivity contribution >= 4 is 13.5 Å². The highest BCUT2D eigenvalue weighted by molar-refractivity contribution is 6.58. The van der Waals surface area contributed by atoms with Crippen molar-refractivity contribution < 1.29 is 0 Å². The Kier molecular flexibility index (Phi) is 1.03. The van der Waals surface area contributed by atoms with Crippen LogP contribution < -0.4 is 0 Å². The highest BCUT2D eigenvalue weighted by Gasteiger charge is 1.56. The van der Waals surface area contributed by atoms with E-state index in [1.807, 2.05) is 0 Å². The van der Waals surface area contributed by atoms with Gasteiger partial charge in [-0.25, -0.2) is 0 Å². The average molecular weight is 54.9 g/mol. The smallest absolute Gasteiger partial charge is 0.157 e. The third kappa shape index (κ3) is 13.3. The molecular weight excluding hydrogens is 48.8 g/mol. The molecule has 4 heavy (non-hydrogen) atoms. The van der Waals surface area contributed by atoms with Crippen LogP contribution in [0.2, 0.25) is 0 Å². The standard InChI is InChI=1S/C2H6BN/c1-2(3)4/h4H,3H2,1H3. The molecule has 2 heteroatoms. The van der Waals surface area contributed by atoms with E-state index in [1.165, 1.54) is 0 Å². The fourth-order valence-corrected chi connectivity index (χ4v) is 0. The van der Waals surface area contributed by atoms with Crippen molar-refractivity contribution in [1.82, 2.24) is 0 Å². The SMILES string of the molecule is BC(C)=N. The Morgan fingerprint density at radius 1 is 2.00 bits per heavy atom. The summed E-state index contributed by atoms with van der Waals surface area (Å²) in [7, 11) is 1.75. The fourth-order valence-electron chi connectivity index (χ4n) is 0. The van der Waals surface area contributed by atoms with Crippen molar-refractivity contribution in [2.75, 3.05) is 0 Å². The van der Waals surface area contributed by atoms with Crippen molar-refractivity contribution in [2.45, 2.75) is 6.92 Å². The molecule has 0 aliphatic carbocycles. The molecule has 0 bridgehead atoms. The van der Waals surface area contributed by atoms with E-state index in [0.717, 1.165) is 0 Å². The summed E-state index contributed by atoms with van der Waals surface area (Å²) in [6.07, 6.45) is 0. The maximum atomic E-state index is 6.50. The third-order valence-electron chi connectivity index (χ3n) is 0. The van der Waals surface area contributed by atoms with Gasteiger partial charge in [-0.1, -0.05) is 0 Å². The second-order valence-electron chi connectivity index (χ2n) is 1.00. The van der Waals surface area contributed by atoms with Crippen molar-refractivity contribution in [2.24, 2.45) is 0 Å². The molecule has 22 valence electrons. The van der Waals surface area contributed by atoms with Crippen LogP contribution in [0, 0.1) is 5.41 Å². The molecule has 0 unspecified atom stereocenters. The molecular formula is C2H6BN. The molecule has 0 spiro atoms. The highest BCUT2D eigenvalue weighted by Crippen LogP contribution is 1.43. The van der Waals surface area contributed by atoms with Gasteiger partial charge in [0.05, 0.1) is 0 Å². The highest BCUT2D eigenvalue weighted by atomic mass is 14.3. The minimum absolute atomic E-state index is 0.667. The van der Waals surface area contributed by atoms with Crippen molar-refractivity contribution in [1.29, 1.82) is 5.41 Å². The third-order valence-corrected chi connectivity index (χ3v) is 0. The zero-order chi connectivity index (χ0) is 3.58. The minimum atomic E-state index is 0.667. The van der Waals surface area contributed by atoms with Crippen LogP contribution in [0.3, 0.4) is 0 Å². The van der Waals surface area contributed by atoms with Gasteiger partial charge in [0, 0.05) is 0 Å². The van der Waals surface area contributed by atoms with Crippen molar-refractivity contribution in [3.05, 3.63) is 0 Å². The zero-order valence-corrected chi connectivity index (χ0v) is 3.00. The van der Waals surface area contributed by atoms with Crippen LogP contribution in [0.25, 0.3) is 0 Å². The van der Waals surface area contributed by atoms with E-state index in [1.54, 1.807) is 14.8 Å². The Morgan fingerprint density at radius 2 is 2.00 bits per heavy atom. The van der Waals surface area contributed by atoms with Gasteiger partial charge >= 0.3 is 0 Å². The monoisotopic (exact) mass is 55.1 g/mol. The Balaban J connectivity index is 2.80. The lowest BCUT2D eigenvalue weighted by Crippen LogP contribution is -1.78. The van der Waals surface area contributed by atoms with Gasteiger partial charge < -0.3 is 5.41 Å². The summed E-state index contributed by atoms with van der Waals surface area (Å²) < 4.78 is 0. The molecule has 0 radical (unpaired) electrons. The molecule has 0 aromatic heterocycles. The van der Waals surface area contributed by atoms with Crippen LogP contribution >= 0.6 is 0 Å². The molecule has 0 aliphatic rings. The molecule has 0 rings (SSSR count). The molecule has 0 amide bonds. The maximum absolute atomic E-state index is 6.50. The van der Waals surface area contributed by atoms with Gasteiger partial charge in [0.2, 0.25) is 0 Å². The minimum Gasteiger partial charge on any atom is -0.321 e. The summed E-state index contributed by atoms with van der Waals surface area (Å²) in [4.78, 5) is 0. The van der Waals surface area contributed by atoms with E-state index in [2.05, 4.69) is 0 Å². The van der Waals surface area contributed by atoms with Gasteiger partial charge in [-0.3, -0.25) is 0 Å². The van der Waals surface area contributed by atoms with E-state index in [4.69, 9.17) is 5.41 Å². The summed E-state index contributed by atoms with van der Waals surface area (Å²) in [6, 6.07) is 0. The molecule has 0 aromatic carbocycles. The Hall–Kier alpha value is -0.265. The van der Waals surface area contributed by atoms with Gasteiger partial charge in [-0.15, -0.1) is 0 Å². The second-order valence-corrected chi connectivity index (χ2v) is 1.00. The van der Waals surface area contributed by atoms with Gasteiger partial charge in [0.25, 0.3) is 0 Å². The number of hydrogen-bond donors (Lipinski definition) is 1. The largest absolute Gasteiger partial charge is 0.321 e. The first-order valence-corrected chi connectivity index (χ1v) is 1.25. The van der Waals surface area contributed by atoms with Crippen LogP contribution in [0.4, 0.5) is 0 Å². The van der Waals surface area contributed by atoms with Crippen LogP contribution in [0.5, 0.6) is 0 Å². The Labute approximate surface area is 26.9 Å². The van der Waals surface area contributed by atoms with E-state index >= 15 is 0 Å². The van der Waals surface area contributed by atoms with Crippen molar-refractivity contribution in [3.8, 4) is 0 Å². The Bertz CT molecular complexity index is 29.0. The number of hydrogen-bond acceptors (Lipinski definition) is 1.